The minimum Gasteiger partial charge on any atom is -0.385 e. The normalized spacial score (nSPS) is 22.4. The van der Waals surface area contributed by atoms with Crippen LogP contribution in [0.25, 0.3) is 0 Å². The van der Waals surface area contributed by atoms with Crippen molar-refractivity contribution in [2.45, 2.75) is 57.9 Å². The van der Waals surface area contributed by atoms with Gasteiger partial charge in [-0.2, -0.15) is 0 Å². The first-order chi connectivity index (χ1) is 13.5. The SMILES string of the molecule is CCN1CCCC1CNC(=NCC(=O)N(C)C)NCC1(CCOC)CCCC1. The number of likely N-dealkylation sites (N-methyl/N-ethyl adjacent to an activating group) is 2. The van der Waals surface area contributed by atoms with Gasteiger partial charge in [-0.15, -0.1) is 0 Å². The number of nitrogens with zero attached hydrogens (tertiary/aromatic N) is 3. The Hall–Kier alpha value is -1.34. The summed E-state index contributed by atoms with van der Waals surface area (Å²) < 4.78 is 5.35. The molecule has 7 heteroatoms. The first kappa shape index (κ1) is 22.9. The number of carbonyl (C=O) groups is 1. The summed E-state index contributed by atoms with van der Waals surface area (Å²) in [4.78, 5) is 20.7. The fourth-order valence-corrected chi connectivity index (χ4v) is 4.45. The van der Waals surface area contributed by atoms with E-state index in [4.69, 9.17) is 4.74 Å². The zero-order valence-electron chi connectivity index (χ0n) is 18.4. The van der Waals surface area contributed by atoms with Gasteiger partial charge < -0.3 is 20.3 Å². The molecule has 0 aromatic rings. The second-order valence-corrected chi connectivity index (χ2v) is 8.56. The quantitative estimate of drug-likeness (QED) is 0.435. The molecule has 0 bridgehead atoms. The van der Waals surface area contributed by atoms with Crippen molar-refractivity contribution in [3.63, 3.8) is 0 Å². The molecule has 2 aliphatic rings. The molecule has 2 rings (SSSR count). The number of ether oxygens (including phenoxy) is 1. The molecule has 0 aromatic carbocycles. The number of rotatable bonds is 10. The Bertz CT molecular complexity index is 503. The zero-order valence-corrected chi connectivity index (χ0v) is 18.4. The number of hydrogen-bond donors (Lipinski definition) is 2. The maximum atomic E-state index is 12.0. The van der Waals surface area contributed by atoms with Gasteiger partial charge in [0.2, 0.25) is 5.91 Å². The molecular formula is C21H41N5O2. The van der Waals surface area contributed by atoms with Crippen LogP contribution in [0.15, 0.2) is 4.99 Å². The van der Waals surface area contributed by atoms with E-state index < -0.39 is 0 Å². The van der Waals surface area contributed by atoms with E-state index in [1.54, 1.807) is 26.1 Å². The highest BCUT2D eigenvalue weighted by Crippen LogP contribution is 2.40. The molecule has 1 aliphatic carbocycles. The van der Waals surface area contributed by atoms with Gasteiger partial charge >= 0.3 is 0 Å². The van der Waals surface area contributed by atoms with Crippen LogP contribution in [0.3, 0.4) is 0 Å². The number of amides is 1. The molecule has 1 unspecified atom stereocenters. The molecule has 7 nitrogen and oxygen atoms in total. The average Bonchev–Trinajstić information content (AvgIpc) is 3.35. The summed E-state index contributed by atoms with van der Waals surface area (Å²) in [7, 11) is 5.32. The maximum Gasteiger partial charge on any atom is 0.243 e. The van der Waals surface area contributed by atoms with Gasteiger partial charge in [0, 0.05) is 46.9 Å². The van der Waals surface area contributed by atoms with Crippen molar-refractivity contribution in [1.82, 2.24) is 20.4 Å². The molecule has 1 heterocycles. The minimum atomic E-state index is 0.0205. The molecule has 0 radical (unpaired) electrons. The van der Waals surface area contributed by atoms with Crippen LogP contribution in [0.4, 0.5) is 0 Å². The van der Waals surface area contributed by atoms with Gasteiger partial charge in [-0.05, 0) is 50.6 Å². The van der Waals surface area contributed by atoms with E-state index in [-0.39, 0.29) is 17.9 Å². The second-order valence-electron chi connectivity index (χ2n) is 8.56. The van der Waals surface area contributed by atoms with E-state index in [2.05, 4.69) is 27.4 Å². The lowest BCUT2D eigenvalue weighted by molar-refractivity contribution is -0.127. The summed E-state index contributed by atoms with van der Waals surface area (Å²) in [5.41, 5.74) is 0.285. The van der Waals surface area contributed by atoms with Crippen molar-refractivity contribution in [3.05, 3.63) is 0 Å². The summed E-state index contributed by atoms with van der Waals surface area (Å²) in [6.45, 7) is 7.24. The largest absolute Gasteiger partial charge is 0.385 e. The first-order valence-electron chi connectivity index (χ1n) is 10.9. The predicted molar refractivity (Wildman–Crippen MR) is 115 cm³/mol. The van der Waals surface area contributed by atoms with Crippen molar-refractivity contribution in [2.24, 2.45) is 10.4 Å². The zero-order chi connectivity index (χ0) is 20.4. The third-order valence-electron chi connectivity index (χ3n) is 6.41. The van der Waals surface area contributed by atoms with Crippen LogP contribution >= 0.6 is 0 Å². The number of nitrogens with one attached hydrogen (secondary N) is 2. The van der Waals surface area contributed by atoms with E-state index >= 15 is 0 Å². The Morgan fingerprint density at radius 3 is 2.64 bits per heavy atom. The van der Waals surface area contributed by atoms with E-state index in [9.17, 15) is 4.79 Å². The van der Waals surface area contributed by atoms with E-state index in [1.807, 2.05) is 0 Å². The molecule has 1 amide bonds. The van der Waals surface area contributed by atoms with Crippen molar-refractivity contribution in [3.8, 4) is 0 Å². The third kappa shape index (κ3) is 6.92. The number of likely N-dealkylation sites (tertiary alicyclic amines) is 1. The molecule has 1 saturated carbocycles. The number of guanidine groups is 1. The summed E-state index contributed by atoms with van der Waals surface area (Å²) in [5, 5.41) is 7.07. The van der Waals surface area contributed by atoms with Gasteiger partial charge in [-0.25, -0.2) is 4.99 Å². The van der Waals surface area contributed by atoms with Crippen molar-refractivity contribution < 1.29 is 9.53 Å². The van der Waals surface area contributed by atoms with Crippen LogP contribution < -0.4 is 10.6 Å². The number of methoxy groups -OCH3 is 1. The van der Waals surface area contributed by atoms with Crippen LogP contribution in [0.2, 0.25) is 0 Å². The van der Waals surface area contributed by atoms with Crippen molar-refractivity contribution in [1.29, 1.82) is 0 Å². The predicted octanol–water partition coefficient (Wildman–Crippen LogP) is 1.69. The monoisotopic (exact) mass is 395 g/mol. The molecule has 1 aliphatic heterocycles. The summed E-state index contributed by atoms with van der Waals surface area (Å²) in [5.74, 6) is 0.786. The Kier molecular flexibility index (Phi) is 9.51. The lowest BCUT2D eigenvalue weighted by Crippen LogP contribution is -2.48. The lowest BCUT2D eigenvalue weighted by atomic mass is 9.83. The Morgan fingerprint density at radius 1 is 1.25 bits per heavy atom. The highest BCUT2D eigenvalue weighted by Gasteiger charge is 2.33. The van der Waals surface area contributed by atoms with Gasteiger partial charge in [0.25, 0.3) is 0 Å². The minimum absolute atomic E-state index is 0.0205. The first-order valence-corrected chi connectivity index (χ1v) is 10.9. The molecular weight excluding hydrogens is 354 g/mol. The van der Waals surface area contributed by atoms with Gasteiger partial charge in [0.1, 0.15) is 6.54 Å². The van der Waals surface area contributed by atoms with Crippen LogP contribution in [0.5, 0.6) is 0 Å². The molecule has 162 valence electrons. The Labute approximate surface area is 171 Å². The molecule has 1 saturated heterocycles. The van der Waals surface area contributed by atoms with Crippen molar-refractivity contribution in [2.75, 3.05) is 60.5 Å². The Balaban J connectivity index is 1.96. The van der Waals surface area contributed by atoms with Crippen molar-refractivity contribution >= 4 is 11.9 Å². The lowest BCUT2D eigenvalue weighted by Gasteiger charge is -2.30. The molecule has 2 fully saturated rings. The fraction of sp³-hybridized carbons (Fsp3) is 0.905. The number of carbonyl (C=O) groups excluding carboxylic acids is 1. The highest BCUT2D eigenvalue weighted by molar-refractivity contribution is 5.84. The standard InChI is InChI=1S/C21H41N5O2/c1-5-26-13-8-9-18(26)15-22-20(23-16-19(27)25(2)3)24-17-21(12-14-28-4)10-6-7-11-21/h18H,5-17H2,1-4H3,(H2,22,23,24). The fourth-order valence-electron chi connectivity index (χ4n) is 4.45. The molecule has 0 spiro atoms. The van der Waals surface area contributed by atoms with E-state index in [0.29, 0.717) is 6.04 Å². The van der Waals surface area contributed by atoms with Gasteiger partial charge in [-0.3, -0.25) is 9.69 Å². The molecule has 0 aromatic heterocycles. The van der Waals surface area contributed by atoms with E-state index in [0.717, 1.165) is 38.6 Å². The number of aliphatic imine (C=N–C) groups is 1. The summed E-state index contributed by atoms with van der Waals surface area (Å²) in [6.07, 6.45) is 8.61. The molecule has 2 N–H and O–H groups in total. The van der Waals surface area contributed by atoms with Crippen LogP contribution in [-0.2, 0) is 9.53 Å². The summed E-state index contributed by atoms with van der Waals surface area (Å²) in [6, 6.07) is 0.551. The second kappa shape index (κ2) is 11.6. The molecule has 28 heavy (non-hydrogen) atoms. The smallest absolute Gasteiger partial charge is 0.243 e. The third-order valence-corrected chi connectivity index (χ3v) is 6.41. The maximum absolute atomic E-state index is 12.0. The average molecular weight is 396 g/mol. The van der Waals surface area contributed by atoms with Crippen LogP contribution in [0, 0.1) is 5.41 Å². The van der Waals surface area contributed by atoms with Gasteiger partial charge in [0.05, 0.1) is 0 Å². The van der Waals surface area contributed by atoms with Gasteiger partial charge in [-0.1, -0.05) is 19.8 Å². The van der Waals surface area contributed by atoms with Crippen LogP contribution in [-0.4, -0.2) is 88.2 Å². The van der Waals surface area contributed by atoms with Crippen LogP contribution in [0.1, 0.15) is 51.9 Å². The Morgan fingerprint density at radius 2 is 2.00 bits per heavy atom. The summed E-state index contributed by atoms with van der Waals surface area (Å²) >= 11 is 0. The van der Waals surface area contributed by atoms with E-state index in [1.165, 1.54) is 45.1 Å². The number of hydrogen-bond acceptors (Lipinski definition) is 4. The van der Waals surface area contributed by atoms with Gasteiger partial charge in [0.15, 0.2) is 5.96 Å². The topological polar surface area (TPSA) is 69.2 Å². The molecule has 1 atom stereocenters. The highest BCUT2D eigenvalue weighted by atomic mass is 16.5.